The lowest BCUT2D eigenvalue weighted by atomic mass is 9.80. The molecule has 5 N–H and O–H groups in total. The van der Waals surface area contributed by atoms with Crippen LogP contribution in [0.15, 0.2) is 22.5 Å². The molecule has 5 amide bonds. The summed E-state index contributed by atoms with van der Waals surface area (Å²) in [7, 11) is 0. The molecule has 1 unspecified atom stereocenters. The lowest BCUT2D eigenvalue weighted by Crippen LogP contribution is -2.64. The van der Waals surface area contributed by atoms with Gasteiger partial charge in [0.15, 0.2) is 0 Å². The molecule has 0 radical (unpaired) electrons. The van der Waals surface area contributed by atoms with Crippen molar-refractivity contribution in [3.8, 4) is 0 Å². The van der Waals surface area contributed by atoms with Crippen molar-refractivity contribution < 1.29 is 33.5 Å². The Labute approximate surface area is 294 Å². The second-order valence-electron chi connectivity index (χ2n) is 15.7. The topological polar surface area (TPSA) is 177 Å². The molecule has 0 aromatic heterocycles. The molecule has 13 heteroatoms. The van der Waals surface area contributed by atoms with Crippen LogP contribution < -0.4 is 21.7 Å². The molecule has 272 valence electrons. The summed E-state index contributed by atoms with van der Waals surface area (Å²) in [5.74, 6) is -3.36. The molecule has 12 nitrogen and oxygen atoms in total. The predicted molar refractivity (Wildman–Crippen MR) is 188 cm³/mol. The SMILES string of the molecule is C=C1CC(COC(=O)C2(NC(=O)N[C@H](C(=O)N3CC[C@H](C(C)C)[C@H]3C(=O)NC(CC3CCC3)C(=O)C(N)=O)C(C)(C)C)CCCCC2)=CS1. The van der Waals surface area contributed by atoms with Gasteiger partial charge < -0.3 is 31.3 Å². The van der Waals surface area contributed by atoms with E-state index in [2.05, 4.69) is 22.5 Å². The van der Waals surface area contributed by atoms with Crippen molar-refractivity contribution in [1.82, 2.24) is 20.9 Å². The molecule has 49 heavy (non-hydrogen) atoms. The number of hydrogen-bond donors (Lipinski definition) is 4. The molecule has 2 aliphatic carbocycles. The number of hydrogen-bond acceptors (Lipinski definition) is 8. The highest BCUT2D eigenvalue weighted by molar-refractivity contribution is 8.06. The van der Waals surface area contributed by atoms with Crippen molar-refractivity contribution in [2.24, 2.45) is 28.9 Å². The van der Waals surface area contributed by atoms with Gasteiger partial charge >= 0.3 is 12.0 Å². The fourth-order valence-electron chi connectivity index (χ4n) is 7.44. The van der Waals surface area contributed by atoms with Gasteiger partial charge in [0.05, 0.1) is 6.04 Å². The number of likely N-dealkylation sites (tertiary alicyclic amines) is 1. The number of nitrogens with zero attached hydrogens (tertiary/aromatic N) is 1. The number of nitrogens with one attached hydrogen (secondary N) is 3. The van der Waals surface area contributed by atoms with E-state index in [-0.39, 0.29) is 30.9 Å². The van der Waals surface area contributed by atoms with E-state index < -0.39 is 64.6 Å². The molecular weight excluding hydrogens is 646 g/mol. The van der Waals surface area contributed by atoms with Crippen LogP contribution in [0.3, 0.4) is 0 Å². The number of thioether (sulfide) groups is 1. The number of carbonyl (C=O) groups excluding carboxylic acids is 6. The van der Waals surface area contributed by atoms with E-state index in [0.717, 1.165) is 49.0 Å². The Morgan fingerprint density at radius 3 is 2.24 bits per heavy atom. The molecular formula is C36H55N5O7S. The Kier molecular flexibility index (Phi) is 12.6. The van der Waals surface area contributed by atoms with Gasteiger partial charge in [0.2, 0.25) is 17.6 Å². The predicted octanol–water partition coefficient (Wildman–Crippen LogP) is 4.08. The number of amides is 5. The molecule has 0 aromatic carbocycles. The Hall–Kier alpha value is -3.35. The number of ether oxygens (including phenoxy) is 1. The maximum atomic E-state index is 14.4. The van der Waals surface area contributed by atoms with Gasteiger partial charge in [-0.05, 0) is 64.7 Å². The summed E-state index contributed by atoms with van der Waals surface area (Å²) in [6, 6.07) is -3.68. The summed E-state index contributed by atoms with van der Waals surface area (Å²) in [6.07, 6.45) is 7.65. The number of esters is 1. The summed E-state index contributed by atoms with van der Waals surface area (Å²) in [4.78, 5) is 82.7. The molecule has 4 aliphatic rings. The van der Waals surface area contributed by atoms with Crippen LogP contribution in [0.5, 0.6) is 0 Å². The first kappa shape index (κ1) is 38.5. The quantitative estimate of drug-likeness (QED) is 0.164. The number of Topliss-reactive ketones (excluding diaryl/α,β-unsaturated/α-hetero) is 1. The second-order valence-corrected chi connectivity index (χ2v) is 16.8. The van der Waals surface area contributed by atoms with E-state index in [1.165, 1.54) is 16.7 Å². The number of rotatable bonds is 13. The Bertz CT molecular complexity index is 1350. The normalized spacial score (nSPS) is 23.6. The minimum atomic E-state index is -1.22. The molecule has 0 bridgehead atoms. The average Bonchev–Trinajstić information content (AvgIpc) is 3.65. The molecule has 0 aromatic rings. The van der Waals surface area contributed by atoms with Crippen molar-refractivity contribution >= 4 is 47.3 Å². The molecule has 2 heterocycles. The number of ketones is 1. The Morgan fingerprint density at radius 1 is 1.04 bits per heavy atom. The fourth-order valence-corrected chi connectivity index (χ4v) is 8.19. The number of urea groups is 1. The molecule has 3 fully saturated rings. The lowest BCUT2D eigenvalue weighted by Gasteiger charge is -2.39. The molecule has 1 saturated heterocycles. The first-order valence-corrected chi connectivity index (χ1v) is 18.6. The van der Waals surface area contributed by atoms with E-state index in [4.69, 9.17) is 10.5 Å². The second kappa shape index (κ2) is 16.1. The van der Waals surface area contributed by atoms with Crippen LogP contribution in [-0.2, 0) is 28.7 Å². The van der Waals surface area contributed by atoms with Gasteiger partial charge in [-0.3, -0.25) is 19.2 Å². The summed E-state index contributed by atoms with van der Waals surface area (Å²) in [5.41, 5.74) is 4.31. The van der Waals surface area contributed by atoms with E-state index in [0.29, 0.717) is 32.1 Å². The number of carbonyl (C=O) groups is 6. The van der Waals surface area contributed by atoms with Crippen molar-refractivity contribution in [3.05, 3.63) is 22.5 Å². The van der Waals surface area contributed by atoms with Gasteiger partial charge in [-0.25, -0.2) is 9.59 Å². The third-order valence-electron chi connectivity index (χ3n) is 10.6. The van der Waals surface area contributed by atoms with Crippen LogP contribution in [0.25, 0.3) is 0 Å². The zero-order valence-electron chi connectivity index (χ0n) is 29.7. The van der Waals surface area contributed by atoms with Crippen LogP contribution in [-0.4, -0.2) is 77.2 Å². The van der Waals surface area contributed by atoms with Crippen molar-refractivity contribution in [3.63, 3.8) is 0 Å². The van der Waals surface area contributed by atoms with Crippen LogP contribution in [0.1, 0.15) is 105 Å². The maximum absolute atomic E-state index is 14.4. The van der Waals surface area contributed by atoms with Gasteiger partial charge in [0.1, 0.15) is 24.2 Å². The van der Waals surface area contributed by atoms with Gasteiger partial charge in [-0.1, -0.05) is 79.7 Å². The summed E-state index contributed by atoms with van der Waals surface area (Å²) in [6.45, 7) is 13.8. The largest absolute Gasteiger partial charge is 0.459 e. The first-order valence-electron chi connectivity index (χ1n) is 17.7. The lowest BCUT2D eigenvalue weighted by molar-refractivity contribution is -0.151. The molecule has 4 atom stereocenters. The summed E-state index contributed by atoms with van der Waals surface area (Å²) >= 11 is 1.52. The van der Waals surface area contributed by atoms with Gasteiger partial charge in [-0.15, -0.1) is 11.8 Å². The minimum absolute atomic E-state index is 0.0312. The zero-order valence-corrected chi connectivity index (χ0v) is 30.5. The van der Waals surface area contributed by atoms with Crippen LogP contribution in [0, 0.1) is 23.2 Å². The van der Waals surface area contributed by atoms with Crippen molar-refractivity contribution in [2.45, 2.75) is 129 Å². The van der Waals surface area contributed by atoms with Crippen LogP contribution >= 0.6 is 11.8 Å². The minimum Gasteiger partial charge on any atom is -0.459 e. The molecule has 0 spiro atoms. The highest BCUT2D eigenvalue weighted by Gasteiger charge is 2.49. The first-order chi connectivity index (χ1) is 23.0. The average molecular weight is 702 g/mol. The number of primary amides is 1. The van der Waals surface area contributed by atoms with E-state index in [1.807, 2.05) is 40.0 Å². The van der Waals surface area contributed by atoms with Crippen LogP contribution in [0.2, 0.25) is 0 Å². The number of allylic oxidation sites excluding steroid dienone is 1. The summed E-state index contributed by atoms with van der Waals surface area (Å²) < 4.78 is 5.71. The maximum Gasteiger partial charge on any atom is 0.332 e. The monoisotopic (exact) mass is 701 g/mol. The van der Waals surface area contributed by atoms with Crippen molar-refractivity contribution in [1.29, 1.82) is 0 Å². The smallest absolute Gasteiger partial charge is 0.332 e. The molecule has 2 saturated carbocycles. The Morgan fingerprint density at radius 2 is 1.71 bits per heavy atom. The highest BCUT2D eigenvalue weighted by atomic mass is 32.2. The van der Waals surface area contributed by atoms with E-state index >= 15 is 0 Å². The standard InChI is InChI=1S/C36H55N5O7S/c1-21(2)25-13-16-41(27(25)31(44)38-26(28(42)30(37)43)18-23-11-10-12-23)32(45)29(35(4,5)6)39-34(47)40-36(14-8-7-9-15-36)33(46)48-19-24-17-22(3)49-20-24/h20-21,23,25-27,29H,3,7-19H2,1-2,4-6H3,(H2,37,43)(H,38,44)(H2,39,40,47)/t25-,26?,27+,29-/m1/s1. The van der Waals surface area contributed by atoms with Crippen molar-refractivity contribution in [2.75, 3.05) is 13.2 Å². The molecule has 4 rings (SSSR count). The fraction of sp³-hybridized carbons (Fsp3) is 0.722. The third kappa shape index (κ3) is 9.46. The van der Waals surface area contributed by atoms with Gasteiger partial charge in [0.25, 0.3) is 5.91 Å². The third-order valence-corrected chi connectivity index (χ3v) is 11.5. The summed E-state index contributed by atoms with van der Waals surface area (Å²) in [5, 5.41) is 10.5. The Balaban J connectivity index is 1.51. The van der Waals surface area contributed by atoms with Gasteiger partial charge in [-0.2, -0.15) is 0 Å². The molecule has 2 aliphatic heterocycles. The van der Waals surface area contributed by atoms with Gasteiger partial charge in [0, 0.05) is 13.0 Å². The number of nitrogens with two attached hydrogens (primary N) is 1. The van der Waals surface area contributed by atoms with E-state index in [9.17, 15) is 28.8 Å². The highest BCUT2D eigenvalue weighted by Crippen LogP contribution is 2.36. The van der Waals surface area contributed by atoms with E-state index in [1.54, 1.807) is 0 Å². The van der Waals surface area contributed by atoms with Crippen LogP contribution in [0.4, 0.5) is 4.79 Å². The zero-order chi connectivity index (χ0) is 36.1.